The molecule has 1 amide bonds. The minimum absolute atomic E-state index is 0.202. The molecular formula is C26H28Cl2FN5O2. The largest absolute Gasteiger partial charge is 0.444 e. The highest BCUT2D eigenvalue weighted by atomic mass is 35.5. The van der Waals surface area contributed by atoms with Crippen LogP contribution in [0.2, 0.25) is 10.0 Å². The number of carbonyl (C=O) groups is 1. The summed E-state index contributed by atoms with van der Waals surface area (Å²) < 4.78 is 19.6. The van der Waals surface area contributed by atoms with Crippen molar-refractivity contribution in [2.45, 2.75) is 32.9 Å². The Balaban J connectivity index is 1.39. The minimum Gasteiger partial charge on any atom is -0.444 e. The molecule has 7 nitrogen and oxygen atoms in total. The second kappa shape index (κ2) is 10.9. The molecular weight excluding hydrogens is 504 g/mol. The standard InChI is InChI=1S/C26H28Cl2FN5O2/c1-26(2,3)36-25(35)34-12-10-33(11-13-34)20-8-5-17(6-9-20)23-31-16-21(28)24(32-23)30-15-18-4-7-19(27)14-22(18)29/h4-9,14,16H,10-13,15H2,1-3H3,(H,30,31,32). The maximum Gasteiger partial charge on any atom is 0.410 e. The number of hydrogen-bond acceptors (Lipinski definition) is 6. The van der Waals surface area contributed by atoms with Gasteiger partial charge in [-0.1, -0.05) is 29.3 Å². The maximum atomic E-state index is 14.1. The first-order valence-corrected chi connectivity index (χ1v) is 12.4. The zero-order valence-corrected chi connectivity index (χ0v) is 21.9. The van der Waals surface area contributed by atoms with Crippen molar-refractivity contribution in [3.63, 3.8) is 0 Å². The van der Waals surface area contributed by atoms with Crippen molar-refractivity contribution < 1.29 is 13.9 Å². The Bertz CT molecular complexity index is 1230. The van der Waals surface area contributed by atoms with Gasteiger partial charge in [-0.05, 0) is 57.2 Å². The predicted octanol–water partition coefficient (Wildman–Crippen LogP) is 6.26. The van der Waals surface area contributed by atoms with E-state index in [4.69, 9.17) is 27.9 Å². The monoisotopic (exact) mass is 531 g/mol. The summed E-state index contributed by atoms with van der Waals surface area (Å²) in [5.74, 6) is 0.515. The first-order chi connectivity index (χ1) is 17.1. The number of carbonyl (C=O) groups excluding carboxylic acids is 1. The molecule has 1 saturated heterocycles. The fourth-order valence-electron chi connectivity index (χ4n) is 3.77. The van der Waals surface area contributed by atoms with Crippen molar-refractivity contribution in [3.05, 3.63) is 70.1 Å². The molecule has 10 heteroatoms. The molecule has 1 aromatic heterocycles. The maximum absolute atomic E-state index is 14.1. The Morgan fingerprint density at radius 1 is 1.08 bits per heavy atom. The average Bonchev–Trinajstić information content (AvgIpc) is 2.84. The first kappa shape index (κ1) is 26.0. The summed E-state index contributed by atoms with van der Waals surface area (Å²) in [6.45, 7) is 8.42. The quantitative estimate of drug-likeness (QED) is 0.419. The lowest BCUT2D eigenvalue weighted by Crippen LogP contribution is -2.50. The van der Waals surface area contributed by atoms with Crippen LogP contribution in [-0.2, 0) is 11.3 Å². The normalized spacial score (nSPS) is 14.1. The first-order valence-electron chi connectivity index (χ1n) is 11.6. The zero-order chi connectivity index (χ0) is 25.9. The molecule has 2 aromatic carbocycles. The zero-order valence-electron chi connectivity index (χ0n) is 20.4. The second-order valence-corrected chi connectivity index (χ2v) is 10.3. The van der Waals surface area contributed by atoms with E-state index in [2.05, 4.69) is 20.2 Å². The minimum atomic E-state index is -0.505. The third-order valence-corrected chi connectivity index (χ3v) is 6.14. The van der Waals surface area contributed by atoms with E-state index in [-0.39, 0.29) is 12.6 Å². The summed E-state index contributed by atoms with van der Waals surface area (Å²) in [5, 5.41) is 3.75. The summed E-state index contributed by atoms with van der Waals surface area (Å²) >= 11 is 12.1. The number of piperazine rings is 1. The molecule has 190 valence electrons. The van der Waals surface area contributed by atoms with Crippen molar-refractivity contribution in [1.29, 1.82) is 0 Å². The third-order valence-electron chi connectivity index (χ3n) is 5.63. The van der Waals surface area contributed by atoms with Crippen LogP contribution >= 0.6 is 23.2 Å². The highest BCUT2D eigenvalue weighted by Crippen LogP contribution is 2.26. The van der Waals surface area contributed by atoms with E-state index in [0.717, 1.165) is 11.3 Å². The molecule has 0 spiro atoms. The average molecular weight is 532 g/mol. The van der Waals surface area contributed by atoms with Crippen LogP contribution in [0.25, 0.3) is 11.4 Å². The van der Waals surface area contributed by atoms with Gasteiger partial charge in [0.2, 0.25) is 0 Å². The number of nitrogens with one attached hydrogen (secondary N) is 1. The fourth-order valence-corrected chi connectivity index (χ4v) is 4.09. The number of amides is 1. The lowest BCUT2D eigenvalue weighted by atomic mass is 10.1. The van der Waals surface area contributed by atoms with Gasteiger partial charge in [0.25, 0.3) is 0 Å². The van der Waals surface area contributed by atoms with E-state index >= 15 is 0 Å². The molecule has 1 aliphatic rings. The number of nitrogens with zero attached hydrogens (tertiary/aromatic N) is 4. The molecule has 0 radical (unpaired) electrons. The number of hydrogen-bond donors (Lipinski definition) is 1. The molecule has 2 heterocycles. The van der Waals surface area contributed by atoms with Gasteiger partial charge in [-0.25, -0.2) is 19.2 Å². The number of benzene rings is 2. The van der Waals surface area contributed by atoms with E-state index in [9.17, 15) is 9.18 Å². The van der Waals surface area contributed by atoms with Crippen LogP contribution in [-0.4, -0.2) is 52.7 Å². The van der Waals surface area contributed by atoms with Gasteiger partial charge in [-0.3, -0.25) is 0 Å². The van der Waals surface area contributed by atoms with Crippen LogP contribution in [0.3, 0.4) is 0 Å². The molecule has 1 fully saturated rings. The van der Waals surface area contributed by atoms with Crippen LogP contribution in [0.4, 0.5) is 20.7 Å². The molecule has 0 bridgehead atoms. The van der Waals surface area contributed by atoms with Crippen molar-refractivity contribution in [2.24, 2.45) is 0 Å². The Morgan fingerprint density at radius 3 is 2.42 bits per heavy atom. The third kappa shape index (κ3) is 6.56. The lowest BCUT2D eigenvalue weighted by Gasteiger charge is -2.36. The smallest absolute Gasteiger partial charge is 0.410 e. The molecule has 0 unspecified atom stereocenters. The van der Waals surface area contributed by atoms with E-state index in [1.165, 1.54) is 12.3 Å². The number of anilines is 2. The molecule has 0 atom stereocenters. The molecule has 1 N–H and O–H groups in total. The summed E-state index contributed by atoms with van der Waals surface area (Å²) in [5.41, 5.74) is 1.82. The molecule has 1 aliphatic heterocycles. The molecule has 0 saturated carbocycles. The van der Waals surface area contributed by atoms with Crippen LogP contribution < -0.4 is 10.2 Å². The highest BCUT2D eigenvalue weighted by molar-refractivity contribution is 6.32. The van der Waals surface area contributed by atoms with E-state index in [1.807, 2.05) is 45.0 Å². The molecule has 4 rings (SSSR count). The Kier molecular flexibility index (Phi) is 7.85. The van der Waals surface area contributed by atoms with Crippen LogP contribution in [0.15, 0.2) is 48.7 Å². The van der Waals surface area contributed by atoms with Crippen molar-refractivity contribution in [1.82, 2.24) is 14.9 Å². The van der Waals surface area contributed by atoms with Crippen molar-refractivity contribution >= 4 is 40.8 Å². The van der Waals surface area contributed by atoms with E-state index in [0.29, 0.717) is 53.4 Å². The number of halogens is 3. The summed E-state index contributed by atoms with van der Waals surface area (Å²) in [6, 6.07) is 12.4. The Morgan fingerprint density at radius 2 is 1.78 bits per heavy atom. The summed E-state index contributed by atoms with van der Waals surface area (Å²) in [4.78, 5) is 25.1. The van der Waals surface area contributed by atoms with Gasteiger partial charge in [0.15, 0.2) is 5.82 Å². The predicted molar refractivity (Wildman–Crippen MR) is 141 cm³/mol. The molecule has 3 aromatic rings. The number of ether oxygens (including phenoxy) is 1. The SMILES string of the molecule is CC(C)(C)OC(=O)N1CCN(c2ccc(-c3ncc(Cl)c(NCc4ccc(Cl)cc4F)n3)cc2)CC1. The topological polar surface area (TPSA) is 70.6 Å². The summed E-state index contributed by atoms with van der Waals surface area (Å²) in [6.07, 6.45) is 1.24. The fraction of sp³-hybridized carbons (Fsp3) is 0.346. The van der Waals surface area contributed by atoms with E-state index in [1.54, 1.807) is 17.0 Å². The van der Waals surface area contributed by atoms with Gasteiger partial charge in [0.05, 0.1) is 6.20 Å². The van der Waals surface area contributed by atoms with Gasteiger partial charge >= 0.3 is 6.09 Å². The van der Waals surface area contributed by atoms with Gasteiger partial charge in [0, 0.05) is 54.6 Å². The van der Waals surface area contributed by atoms with Gasteiger partial charge in [-0.2, -0.15) is 0 Å². The van der Waals surface area contributed by atoms with Crippen molar-refractivity contribution in [2.75, 3.05) is 36.4 Å². The summed E-state index contributed by atoms with van der Waals surface area (Å²) in [7, 11) is 0. The van der Waals surface area contributed by atoms with Crippen molar-refractivity contribution in [3.8, 4) is 11.4 Å². The van der Waals surface area contributed by atoms with E-state index < -0.39 is 11.4 Å². The Hall–Kier alpha value is -3.10. The molecule has 0 aliphatic carbocycles. The second-order valence-electron chi connectivity index (χ2n) is 9.48. The van der Waals surface area contributed by atoms with Crippen LogP contribution in [0.1, 0.15) is 26.3 Å². The van der Waals surface area contributed by atoms with Gasteiger partial charge < -0.3 is 19.9 Å². The lowest BCUT2D eigenvalue weighted by molar-refractivity contribution is 0.0240. The van der Waals surface area contributed by atoms with Gasteiger partial charge in [0.1, 0.15) is 22.3 Å². The van der Waals surface area contributed by atoms with Crippen LogP contribution in [0.5, 0.6) is 0 Å². The molecule has 36 heavy (non-hydrogen) atoms. The number of aromatic nitrogens is 2. The van der Waals surface area contributed by atoms with Crippen LogP contribution in [0, 0.1) is 5.82 Å². The highest BCUT2D eigenvalue weighted by Gasteiger charge is 2.26. The number of rotatable bonds is 5. The van der Waals surface area contributed by atoms with Gasteiger partial charge in [-0.15, -0.1) is 0 Å². The Labute approximate surface area is 220 Å².